The zero-order chi connectivity index (χ0) is 38.6. The van der Waals surface area contributed by atoms with E-state index in [2.05, 4.69) is 196 Å². The van der Waals surface area contributed by atoms with E-state index in [4.69, 9.17) is 9.97 Å². The van der Waals surface area contributed by atoms with Gasteiger partial charge in [-0.15, -0.1) is 0 Å². The molecule has 4 heterocycles. The quantitative estimate of drug-likeness (QED) is 0.179. The Labute approximate surface area is 340 Å². The van der Waals surface area contributed by atoms with Crippen LogP contribution in [0, 0.1) is 0 Å². The molecule has 0 N–H and O–H groups in total. The predicted molar refractivity (Wildman–Crippen MR) is 246 cm³/mol. The van der Waals surface area contributed by atoms with E-state index in [9.17, 15) is 0 Å². The van der Waals surface area contributed by atoms with Gasteiger partial charge in [0, 0.05) is 60.2 Å². The smallest absolute Gasteiger partial charge is 0.235 e. The molecule has 4 aromatic heterocycles. The summed E-state index contributed by atoms with van der Waals surface area (Å²) in [6.07, 6.45) is 16.6. The molecule has 2 aliphatic rings. The Kier molecular flexibility index (Phi) is 6.90. The number of aromatic nitrogens is 5. The van der Waals surface area contributed by atoms with Gasteiger partial charge in [-0.05, 0) is 73.2 Å². The fourth-order valence-corrected chi connectivity index (χ4v) is 10.3. The molecule has 0 radical (unpaired) electrons. The third kappa shape index (κ3) is 4.67. The summed E-state index contributed by atoms with van der Waals surface area (Å²) in [6, 6.07) is 53.0. The predicted octanol–water partition coefficient (Wildman–Crippen LogP) is 13.6. The number of hydrogen-bond donors (Lipinski definition) is 0. The van der Waals surface area contributed by atoms with Crippen LogP contribution in [-0.4, -0.2) is 23.7 Å². The second-order valence-corrected chi connectivity index (χ2v) is 16.0. The molecule has 0 fully saturated rings. The third-order valence-corrected chi connectivity index (χ3v) is 12.8. The Hall–Kier alpha value is -7.50. The van der Waals surface area contributed by atoms with Crippen LogP contribution < -0.4 is 0 Å². The lowest BCUT2D eigenvalue weighted by atomic mass is 9.95. The van der Waals surface area contributed by atoms with Crippen LogP contribution in [0.4, 0.5) is 0 Å². The molecule has 1 atom stereocenters. The van der Waals surface area contributed by atoms with Crippen LogP contribution in [0.15, 0.2) is 176 Å². The molecule has 278 valence electrons. The first-order chi connectivity index (χ1) is 29.3. The first-order valence-electron chi connectivity index (χ1n) is 20.7. The van der Waals surface area contributed by atoms with Crippen LogP contribution >= 0.6 is 0 Å². The average Bonchev–Trinajstić information content (AvgIpc) is 3.94. The standard InChI is InChI=1S/C54H37N5/c1-4-16-35(17-5-1)53-39-23-10-13-25-43(39)55-54(56-53)59-45-27-15-12-24-40(45)51-47(59)31-29-34-28-30-46-52(50(34)51)42-32-41-38-22-11-14-26-44(38)57(36-18-6-2-7-19-36)48(41)33-49(42)58(46)37-20-8-3-9-21-37/h1-14,16-20,22-26,28-33,37H,15,21,27H2. The van der Waals surface area contributed by atoms with E-state index in [1.54, 1.807) is 0 Å². The molecule has 5 nitrogen and oxygen atoms in total. The maximum atomic E-state index is 5.43. The van der Waals surface area contributed by atoms with Gasteiger partial charge in [0.05, 0.1) is 44.8 Å². The highest BCUT2D eigenvalue weighted by Crippen LogP contribution is 2.47. The zero-order valence-corrected chi connectivity index (χ0v) is 32.3. The van der Waals surface area contributed by atoms with Gasteiger partial charge in [-0.3, -0.25) is 4.57 Å². The van der Waals surface area contributed by atoms with Crippen LogP contribution in [0.2, 0.25) is 0 Å². The maximum absolute atomic E-state index is 5.43. The van der Waals surface area contributed by atoms with Gasteiger partial charge in [-0.1, -0.05) is 134 Å². The van der Waals surface area contributed by atoms with Crippen LogP contribution in [0.1, 0.15) is 30.1 Å². The number of benzene rings is 7. The topological polar surface area (TPSA) is 40.6 Å². The van der Waals surface area contributed by atoms with E-state index in [1.165, 1.54) is 76.7 Å². The van der Waals surface area contributed by atoms with Crippen molar-refractivity contribution in [3.8, 4) is 22.9 Å². The van der Waals surface area contributed by atoms with Crippen molar-refractivity contribution < 1.29 is 0 Å². The molecular weight excluding hydrogens is 719 g/mol. The maximum Gasteiger partial charge on any atom is 0.235 e. The van der Waals surface area contributed by atoms with Gasteiger partial charge in [0.15, 0.2) is 0 Å². The largest absolute Gasteiger partial charge is 0.333 e. The van der Waals surface area contributed by atoms with Crippen LogP contribution in [0.3, 0.4) is 0 Å². The van der Waals surface area contributed by atoms with Crippen molar-refractivity contribution in [1.82, 2.24) is 23.7 Å². The SMILES string of the molecule is C1=CCC(n2c3cc4c(cc3c3c5c(ccc6c5c5c(n6-c6nc(-c7ccccc7)c7ccccc7n6)CCC=C5)ccc32)c2ccccc2n4-c2ccccc2)C=C1. The highest BCUT2D eigenvalue weighted by Gasteiger charge is 2.27. The molecule has 0 saturated heterocycles. The number of allylic oxidation sites excluding steroid dienone is 5. The molecule has 5 heteroatoms. The van der Waals surface area contributed by atoms with Gasteiger partial charge in [0.25, 0.3) is 0 Å². The van der Waals surface area contributed by atoms with Gasteiger partial charge in [-0.2, -0.15) is 0 Å². The summed E-state index contributed by atoms with van der Waals surface area (Å²) < 4.78 is 7.41. The van der Waals surface area contributed by atoms with Gasteiger partial charge >= 0.3 is 0 Å². The minimum atomic E-state index is 0.185. The molecule has 59 heavy (non-hydrogen) atoms. The molecule has 0 saturated carbocycles. The van der Waals surface area contributed by atoms with E-state index in [-0.39, 0.29) is 6.04 Å². The lowest BCUT2D eigenvalue weighted by Crippen LogP contribution is -2.08. The summed E-state index contributed by atoms with van der Waals surface area (Å²) in [5, 5.41) is 9.94. The highest BCUT2D eigenvalue weighted by molar-refractivity contribution is 6.31. The molecule has 13 rings (SSSR count). The summed E-state index contributed by atoms with van der Waals surface area (Å²) in [6.45, 7) is 0. The number of hydrogen-bond acceptors (Lipinski definition) is 2. The van der Waals surface area contributed by atoms with Gasteiger partial charge < -0.3 is 9.13 Å². The molecule has 11 aromatic rings. The first-order valence-corrected chi connectivity index (χ1v) is 20.7. The van der Waals surface area contributed by atoms with Crippen molar-refractivity contribution in [2.45, 2.75) is 25.3 Å². The lowest BCUT2D eigenvalue weighted by Gasteiger charge is -2.19. The number of rotatable bonds is 4. The summed E-state index contributed by atoms with van der Waals surface area (Å²) in [4.78, 5) is 10.7. The monoisotopic (exact) mass is 755 g/mol. The highest BCUT2D eigenvalue weighted by atomic mass is 15.2. The van der Waals surface area contributed by atoms with Crippen molar-refractivity contribution in [3.63, 3.8) is 0 Å². The minimum absolute atomic E-state index is 0.185. The van der Waals surface area contributed by atoms with Crippen molar-refractivity contribution in [1.29, 1.82) is 0 Å². The summed E-state index contributed by atoms with van der Waals surface area (Å²) in [5.41, 5.74) is 12.7. The normalized spacial score (nSPS) is 15.2. The third-order valence-electron chi connectivity index (χ3n) is 12.8. The Morgan fingerprint density at radius 1 is 0.525 bits per heavy atom. The fourth-order valence-electron chi connectivity index (χ4n) is 10.3. The summed E-state index contributed by atoms with van der Waals surface area (Å²) in [7, 11) is 0. The molecule has 0 aliphatic heterocycles. The van der Waals surface area contributed by atoms with Crippen molar-refractivity contribution >= 4 is 82.3 Å². The summed E-state index contributed by atoms with van der Waals surface area (Å²) >= 11 is 0. The van der Waals surface area contributed by atoms with E-state index in [1.807, 2.05) is 0 Å². The Morgan fingerprint density at radius 3 is 2.15 bits per heavy atom. The first kappa shape index (κ1) is 32.6. The Morgan fingerprint density at radius 2 is 1.31 bits per heavy atom. The average molecular weight is 756 g/mol. The molecule has 1 unspecified atom stereocenters. The van der Waals surface area contributed by atoms with Crippen molar-refractivity contribution in [3.05, 3.63) is 187 Å². The Bertz CT molecular complexity index is 3630. The minimum Gasteiger partial charge on any atom is -0.333 e. The zero-order valence-electron chi connectivity index (χ0n) is 32.3. The number of fused-ring (bicyclic) bond motifs is 13. The van der Waals surface area contributed by atoms with Crippen LogP contribution in [0.5, 0.6) is 0 Å². The molecule has 2 aliphatic carbocycles. The number of para-hydroxylation sites is 3. The van der Waals surface area contributed by atoms with E-state index in [0.29, 0.717) is 5.95 Å². The van der Waals surface area contributed by atoms with Crippen LogP contribution in [-0.2, 0) is 6.42 Å². The van der Waals surface area contributed by atoms with Gasteiger partial charge in [0.2, 0.25) is 5.95 Å². The Balaban J connectivity index is 1.18. The molecule has 0 bridgehead atoms. The fraction of sp³-hybridized carbons (Fsp3) is 0.0741. The number of nitrogens with zero attached hydrogens (tertiary/aromatic N) is 5. The van der Waals surface area contributed by atoms with E-state index >= 15 is 0 Å². The van der Waals surface area contributed by atoms with Crippen molar-refractivity contribution in [2.24, 2.45) is 0 Å². The lowest BCUT2D eigenvalue weighted by molar-refractivity contribution is 0.648. The van der Waals surface area contributed by atoms with E-state index in [0.717, 1.165) is 46.9 Å². The van der Waals surface area contributed by atoms with Crippen molar-refractivity contribution in [2.75, 3.05) is 0 Å². The molecule has 0 spiro atoms. The molecule has 7 aromatic carbocycles. The second kappa shape index (κ2) is 12.5. The van der Waals surface area contributed by atoms with E-state index < -0.39 is 0 Å². The van der Waals surface area contributed by atoms with Gasteiger partial charge in [-0.25, -0.2) is 9.97 Å². The summed E-state index contributed by atoms with van der Waals surface area (Å²) in [5.74, 6) is 0.715. The molecule has 0 amide bonds. The van der Waals surface area contributed by atoms with Gasteiger partial charge in [0.1, 0.15) is 0 Å². The van der Waals surface area contributed by atoms with Crippen LogP contribution in [0.25, 0.3) is 105 Å². The second-order valence-electron chi connectivity index (χ2n) is 16.0. The molecular formula is C54H37N5.